The van der Waals surface area contributed by atoms with E-state index in [0.29, 0.717) is 41.7 Å². The second-order valence-corrected chi connectivity index (χ2v) is 10.3. The van der Waals surface area contributed by atoms with E-state index in [1.807, 2.05) is 18.2 Å². The van der Waals surface area contributed by atoms with E-state index in [1.165, 1.54) is 24.3 Å². The molecule has 4 aromatic carbocycles. The van der Waals surface area contributed by atoms with Crippen molar-refractivity contribution < 1.29 is 23.5 Å². The molecule has 6 nitrogen and oxygen atoms in total. The summed E-state index contributed by atoms with van der Waals surface area (Å²) in [6.07, 6.45) is 1.98. The van der Waals surface area contributed by atoms with Gasteiger partial charge in [0.25, 0.3) is 5.91 Å². The van der Waals surface area contributed by atoms with Crippen molar-refractivity contribution in [2.75, 3.05) is 7.05 Å². The Hall–Kier alpha value is -4.98. The summed E-state index contributed by atoms with van der Waals surface area (Å²) >= 11 is 0. The molecule has 0 saturated heterocycles. The van der Waals surface area contributed by atoms with Gasteiger partial charge in [-0.25, -0.2) is 18.7 Å². The second-order valence-electron chi connectivity index (χ2n) is 10.3. The van der Waals surface area contributed by atoms with E-state index in [-0.39, 0.29) is 24.0 Å². The summed E-state index contributed by atoms with van der Waals surface area (Å²) < 4.78 is 26.9. The van der Waals surface area contributed by atoms with E-state index in [1.54, 1.807) is 60.5 Å². The lowest BCUT2D eigenvalue weighted by atomic mass is 10.0. The minimum atomic E-state index is -0.873. The third-order valence-corrected chi connectivity index (χ3v) is 7.01. The number of fused-ring (bicyclic) bond motifs is 1. The molecule has 0 aliphatic rings. The SMILES string of the molecule is CN(Cc1ccc(F)cc1)C(=O)c1ccc2nc(-c3ccc(F)cc3)c(CCCc3cccc(CC(=O)O)c3)nc2c1. The summed E-state index contributed by atoms with van der Waals surface area (Å²) in [7, 11) is 1.69. The van der Waals surface area contributed by atoms with Crippen LogP contribution in [0.5, 0.6) is 0 Å². The molecule has 1 N–H and O–H groups in total. The molecule has 0 unspecified atom stereocenters. The van der Waals surface area contributed by atoms with Crippen molar-refractivity contribution in [2.24, 2.45) is 0 Å². The number of rotatable bonds is 10. The van der Waals surface area contributed by atoms with Crippen LogP contribution in [-0.4, -0.2) is 38.9 Å². The van der Waals surface area contributed by atoms with Gasteiger partial charge in [0.15, 0.2) is 0 Å². The maximum absolute atomic E-state index is 13.7. The number of amides is 1. The molecule has 42 heavy (non-hydrogen) atoms. The fourth-order valence-electron chi connectivity index (χ4n) is 4.92. The van der Waals surface area contributed by atoms with E-state index < -0.39 is 5.97 Å². The zero-order chi connectivity index (χ0) is 29.6. The summed E-state index contributed by atoms with van der Waals surface area (Å²) in [4.78, 5) is 35.7. The molecular weight excluding hydrogens is 536 g/mol. The quantitative estimate of drug-likeness (QED) is 0.205. The van der Waals surface area contributed by atoms with Crippen LogP contribution in [0.4, 0.5) is 8.78 Å². The minimum Gasteiger partial charge on any atom is -0.481 e. The molecule has 5 rings (SSSR count). The van der Waals surface area contributed by atoms with E-state index in [0.717, 1.165) is 34.4 Å². The predicted molar refractivity (Wildman–Crippen MR) is 157 cm³/mol. The monoisotopic (exact) mass is 565 g/mol. The fraction of sp³-hybridized carbons (Fsp3) is 0.176. The van der Waals surface area contributed by atoms with Crippen LogP contribution in [0, 0.1) is 11.6 Å². The zero-order valence-corrected chi connectivity index (χ0v) is 23.1. The molecule has 0 bridgehead atoms. The Balaban J connectivity index is 1.41. The van der Waals surface area contributed by atoms with E-state index in [2.05, 4.69) is 0 Å². The number of carbonyl (C=O) groups excluding carboxylic acids is 1. The third kappa shape index (κ3) is 7.01. The van der Waals surface area contributed by atoms with Gasteiger partial charge in [-0.2, -0.15) is 0 Å². The van der Waals surface area contributed by atoms with Gasteiger partial charge in [-0.1, -0.05) is 36.4 Å². The smallest absolute Gasteiger partial charge is 0.307 e. The van der Waals surface area contributed by atoms with Gasteiger partial charge in [0.2, 0.25) is 0 Å². The van der Waals surface area contributed by atoms with Crippen molar-refractivity contribution >= 4 is 22.9 Å². The highest BCUT2D eigenvalue weighted by Crippen LogP contribution is 2.26. The molecule has 8 heteroatoms. The number of aromatic nitrogens is 2. The summed E-state index contributed by atoms with van der Waals surface area (Å²) in [6.45, 7) is 0.325. The maximum Gasteiger partial charge on any atom is 0.307 e. The Bertz CT molecular complexity index is 1740. The molecule has 0 spiro atoms. The Labute approximate surface area is 242 Å². The number of carboxylic acids is 1. The van der Waals surface area contributed by atoms with Gasteiger partial charge in [-0.3, -0.25) is 9.59 Å². The number of aliphatic carboxylic acids is 1. The number of halogens is 2. The minimum absolute atomic E-state index is 0.0289. The first-order valence-electron chi connectivity index (χ1n) is 13.6. The lowest BCUT2D eigenvalue weighted by molar-refractivity contribution is -0.136. The topological polar surface area (TPSA) is 83.4 Å². The number of benzene rings is 4. The van der Waals surface area contributed by atoms with Crippen LogP contribution in [-0.2, 0) is 30.6 Å². The lowest BCUT2D eigenvalue weighted by Gasteiger charge is -2.18. The number of hydrogen-bond donors (Lipinski definition) is 1. The fourth-order valence-corrected chi connectivity index (χ4v) is 4.92. The first-order valence-corrected chi connectivity index (χ1v) is 13.6. The highest BCUT2D eigenvalue weighted by Gasteiger charge is 2.16. The molecule has 212 valence electrons. The van der Waals surface area contributed by atoms with Crippen LogP contribution in [0.25, 0.3) is 22.3 Å². The molecular formula is C34H29F2N3O3. The van der Waals surface area contributed by atoms with Crippen molar-refractivity contribution in [3.05, 3.63) is 131 Å². The van der Waals surface area contributed by atoms with Gasteiger partial charge < -0.3 is 10.0 Å². The Kier molecular flexibility index (Phi) is 8.62. The molecule has 1 heterocycles. The van der Waals surface area contributed by atoms with Crippen LogP contribution in [0.2, 0.25) is 0 Å². The van der Waals surface area contributed by atoms with Crippen LogP contribution in [0.1, 0.15) is 39.2 Å². The lowest BCUT2D eigenvalue weighted by Crippen LogP contribution is -2.26. The summed E-state index contributed by atoms with van der Waals surface area (Å²) in [5, 5.41) is 9.11. The molecule has 5 aromatic rings. The van der Waals surface area contributed by atoms with Crippen molar-refractivity contribution in [1.29, 1.82) is 0 Å². The first kappa shape index (κ1) is 28.5. The van der Waals surface area contributed by atoms with E-state index in [4.69, 9.17) is 15.1 Å². The van der Waals surface area contributed by atoms with Crippen molar-refractivity contribution in [3.8, 4) is 11.3 Å². The summed E-state index contributed by atoms with van der Waals surface area (Å²) in [5.41, 5.74) is 6.34. The number of nitrogens with zero attached hydrogens (tertiary/aromatic N) is 3. The zero-order valence-electron chi connectivity index (χ0n) is 23.1. The third-order valence-electron chi connectivity index (χ3n) is 7.01. The van der Waals surface area contributed by atoms with Gasteiger partial charge in [0.05, 0.1) is 28.8 Å². The van der Waals surface area contributed by atoms with Gasteiger partial charge in [0, 0.05) is 24.7 Å². The van der Waals surface area contributed by atoms with E-state index >= 15 is 0 Å². The molecule has 0 aliphatic heterocycles. The second kappa shape index (κ2) is 12.7. The van der Waals surface area contributed by atoms with Crippen molar-refractivity contribution in [3.63, 3.8) is 0 Å². The van der Waals surface area contributed by atoms with Gasteiger partial charge >= 0.3 is 5.97 Å². The van der Waals surface area contributed by atoms with Crippen LogP contribution in [0.3, 0.4) is 0 Å². The van der Waals surface area contributed by atoms with Crippen molar-refractivity contribution in [1.82, 2.24) is 14.9 Å². The first-order chi connectivity index (χ1) is 20.2. The summed E-state index contributed by atoms with van der Waals surface area (Å²) in [6, 6.07) is 24.9. The molecule has 1 amide bonds. The molecule has 0 aliphatic carbocycles. The Morgan fingerprint density at radius 3 is 2.17 bits per heavy atom. The van der Waals surface area contributed by atoms with Gasteiger partial charge in [-0.05, 0) is 90.6 Å². The molecule has 0 fully saturated rings. The average Bonchev–Trinajstić information content (AvgIpc) is 2.97. The number of hydrogen-bond acceptors (Lipinski definition) is 4. The molecule has 1 aromatic heterocycles. The normalized spacial score (nSPS) is 11.0. The number of carboxylic acid groups (broad SMARTS) is 1. The highest BCUT2D eigenvalue weighted by molar-refractivity contribution is 5.97. The molecule has 0 radical (unpaired) electrons. The summed E-state index contributed by atoms with van der Waals surface area (Å²) in [5.74, 6) is -1.75. The van der Waals surface area contributed by atoms with E-state index in [9.17, 15) is 18.4 Å². The average molecular weight is 566 g/mol. The van der Waals surface area contributed by atoms with Gasteiger partial charge in [0.1, 0.15) is 11.6 Å². The van der Waals surface area contributed by atoms with Crippen molar-refractivity contribution in [2.45, 2.75) is 32.2 Å². The standard InChI is InChI=1S/C34H29F2N3O3/c1-39(21-23-8-13-27(35)14-9-23)34(42)26-12-17-29-31(20-26)37-30(33(38-29)25-10-15-28(36)16-11-25)7-3-5-22-4-2-6-24(18-22)19-32(40)41/h2,4,6,8-18,20H,3,5,7,19,21H2,1H3,(H,40,41). The van der Waals surface area contributed by atoms with Crippen LogP contribution in [0.15, 0.2) is 91.0 Å². The van der Waals surface area contributed by atoms with Gasteiger partial charge in [-0.15, -0.1) is 0 Å². The number of carbonyl (C=O) groups is 2. The Morgan fingerprint density at radius 1 is 0.762 bits per heavy atom. The molecule has 0 atom stereocenters. The van der Waals surface area contributed by atoms with Crippen LogP contribution < -0.4 is 0 Å². The maximum atomic E-state index is 13.7. The Morgan fingerprint density at radius 2 is 1.45 bits per heavy atom. The predicted octanol–water partition coefficient (Wildman–Crippen LogP) is 6.65. The largest absolute Gasteiger partial charge is 0.481 e. The number of aryl methyl sites for hydroxylation is 2. The molecule has 0 saturated carbocycles. The highest BCUT2D eigenvalue weighted by atomic mass is 19.1. The van der Waals surface area contributed by atoms with Crippen LogP contribution >= 0.6 is 0 Å².